The van der Waals surface area contributed by atoms with E-state index in [9.17, 15) is 4.79 Å². The van der Waals surface area contributed by atoms with E-state index in [2.05, 4.69) is 63.2 Å². The fourth-order valence-corrected chi connectivity index (χ4v) is 4.81. The zero-order chi connectivity index (χ0) is 25.2. The third-order valence-corrected chi connectivity index (χ3v) is 7.02. The molecule has 186 valence electrons. The van der Waals surface area contributed by atoms with Crippen LogP contribution in [0.25, 0.3) is 0 Å². The first kappa shape index (κ1) is 25.0. The van der Waals surface area contributed by atoms with Crippen LogP contribution in [0.2, 0.25) is 0 Å². The van der Waals surface area contributed by atoms with Crippen LogP contribution in [0.4, 0.5) is 11.5 Å². The number of carbonyl (C=O) groups excluding carboxylic acids is 1. The maximum absolute atomic E-state index is 13.1. The summed E-state index contributed by atoms with van der Waals surface area (Å²) in [6, 6.07) is 16.2. The van der Waals surface area contributed by atoms with E-state index < -0.39 is 0 Å². The average Bonchev–Trinajstić information content (AvgIpc) is 3.23. The highest BCUT2D eigenvalue weighted by atomic mass is 16.1. The van der Waals surface area contributed by atoms with E-state index in [1.54, 1.807) is 0 Å². The molecule has 3 N–H and O–H groups in total. The van der Waals surface area contributed by atoms with Gasteiger partial charge in [-0.05, 0) is 120 Å². The Morgan fingerprint density at radius 2 is 1.74 bits per heavy atom. The molecule has 1 aromatic heterocycles. The molecule has 1 amide bonds. The minimum absolute atomic E-state index is 0.108. The number of aryl methyl sites for hydroxylation is 3. The van der Waals surface area contributed by atoms with Crippen molar-refractivity contribution in [3.05, 3.63) is 76.5 Å². The highest BCUT2D eigenvalue weighted by Crippen LogP contribution is 2.28. The van der Waals surface area contributed by atoms with Gasteiger partial charge in [0, 0.05) is 17.3 Å². The second-order valence-electron chi connectivity index (χ2n) is 10.9. The molecule has 1 fully saturated rings. The molecule has 0 unspecified atom stereocenters. The Labute approximate surface area is 209 Å². The fourth-order valence-electron chi connectivity index (χ4n) is 4.81. The summed E-state index contributed by atoms with van der Waals surface area (Å²) in [5.41, 5.74) is 11.9. The number of aromatic nitrogens is 2. The number of nitrogen functional groups attached to an aromatic ring is 1. The molecule has 1 aliphatic heterocycles. The first-order valence-electron chi connectivity index (χ1n) is 12.6. The Kier molecular flexibility index (Phi) is 7.31. The molecule has 0 saturated carbocycles. The average molecular weight is 474 g/mol. The van der Waals surface area contributed by atoms with Gasteiger partial charge in [0.15, 0.2) is 0 Å². The molecule has 6 nitrogen and oxygen atoms in total. The van der Waals surface area contributed by atoms with Crippen molar-refractivity contribution in [2.45, 2.75) is 64.8 Å². The number of anilines is 2. The summed E-state index contributed by atoms with van der Waals surface area (Å²) in [5.74, 6) is 1.20. The smallest absolute Gasteiger partial charge is 0.256 e. The van der Waals surface area contributed by atoms with Crippen LogP contribution in [0.15, 0.2) is 48.5 Å². The van der Waals surface area contributed by atoms with E-state index >= 15 is 0 Å². The molecular weight excluding hydrogens is 434 g/mol. The molecule has 4 rings (SSSR count). The first-order valence-corrected chi connectivity index (χ1v) is 12.6. The SMILES string of the molecule is Cc1ccc(N)cc1CCc1cc(NC(=O)c2ccc(C3CCN(C)CC3)cc2)n(C(C)(C)C)n1. The molecule has 35 heavy (non-hydrogen) atoms. The third-order valence-electron chi connectivity index (χ3n) is 7.02. The van der Waals surface area contributed by atoms with Gasteiger partial charge < -0.3 is 16.0 Å². The number of amides is 1. The van der Waals surface area contributed by atoms with Crippen molar-refractivity contribution < 1.29 is 4.79 Å². The number of nitrogens with zero attached hydrogens (tertiary/aromatic N) is 3. The summed E-state index contributed by atoms with van der Waals surface area (Å²) >= 11 is 0. The van der Waals surface area contributed by atoms with E-state index in [-0.39, 0.29) is 11.4 Å². The first-order chi connectivity index (χ1) is 16.6. The predicted octanol–water partition coefficient (Wildman–Crippen LogP) is 5.38. The normalized spacial score (nSPS) is 15.3. The molecule has 1 aliphatic rings. The molecule has 3 aromatic rings. The van der Waals surface area contributed by atoms with Crippen LogP contribution in [0.5, 0.6) is 0 Å². The highest BCUT2D eigenvalue weighted by molar-refractivity contribution is 6.03. The fraction of sp³-hybridized carbons (Fsp3) is 0.448. The molecule has 0 atom stereocenters. The van der Waals surface area contributed by atoms with Gasteiger partial charge in [0.25, 0.3) is 5.91 Å². The van der Waals surface area contributed by atoms with Crippen molar-refractivity contribution in [1.29, 1.82) is 0 Å². The van der Waals surface area contributed by atoms with Gasteiger partial charge in [-0.25, -0.2) is 4.68 Å². The lowest BCUT2D eigenvalue weighted by Gasteiger charge is -2.29. The number of nitrogens with one attached hydrogen (secondary N) is 1. The largest absolute Gasteiger partial charge is 0.399 e. The number of hydrogen-bond donors (Lipinski definition) is 2. The van der Waals surface area contributed by atoms with Crippen molar-refractivity contribution in [2.24, 2.45) is 0 Å². The van der Waals surface area contributed by atoms with Crippen molar-refractivity contribution in [3.8, 4) is 0 Å². The maximum atomic E-state index is 13.1. The Hall–Kier alpha value is -3.12. The van der Waals surface area contributed by atoms with E-state index in [4.69, 9.17) is 10.8 Å². The van der Waals surface area contributed by atoms with Crippen LogP contribution in [0.3, 0.4) is 0 Å². The Bertz CT molecular complexity index is 1160. The van der Waals surface area contributed by atoms with E-state index in [1.807, 2.05) is 35.0 Å². The van der Waals surface area contributed by atoms with Gasteiger partial charge in [0.05, 0.1) is 11.2 Å². The van der Waals surface area contributed by atoms with Crippen molar-refractivity contribution in [2.75, 3.05) is 31.2 Å². The second kappa shape index (κ2) is 10.2. The van der Waals surface area contributed by atoms with E-state index in [0.29, 0.717) is 11.5 Å². The molecule has 2 heterocycles. The predicted molar refractivity (Wildman–Crippen MR) is 144 cm³/mol. The number of rotatable bonds is 6. The van der Waals surface area contributed by atoms with Gasteiger partial charge in [-0.3, -0.25) is 4.79 Å². The number of hydrogen-bond acceptors (Lipinski definition) is 4. The molecule has 1 saturated heterocycles. The molecule has 0 aliphatic carbocycles. The summed E-state index contributed by atoms with van der Waals surface area (Å²) in [7, 11) is 2.18. The van der Waals surface area contributed by atoms with Crippen LogP contribution in [-0.4, -0.2) is 40.7 Å². The minimum atomic E-state index is -0.258. The van der Waals surface area contributed by atoms with Crippen molar-refractivity contribution in [3.63, 3.8) is 0 Å². The van der Waals surface area contributed by atoms with Crippen LogP contribution >= 0.6 is 0 Å². The van der Waals surface area contributed by atoms with Gasteiger partial charge in [-0.15, -0.1) is 0 Å². The third kappa shape index (κ3) is 6.12. The zero-order valence-corrected chi connectivity index (χ0v) is 21.8. The number of piperidine rings is 1. The number of likely N-dealkylation sites (tertiary alicyclic amines) is 1. The Balaban J connectivity index is 1.47. The van der Waals surface area contributed by atoms with Gasteiger partial charge in [-0.1, -0.05) is 18.2 Å². The lowest BCUT2D eigenvalue weighted by Crippen LogP contribution is -2.29. The molecule has 0 bridgehead atoms. The minimum Gasteiger partial charge on any atom is -0.399 e. The summed E-state index contributed by atoms with van der Waals surface area (Å²) in [6.07, 6.45) is 3.97. The highest BCUT2D eigenvalue weighted by Gasteiger charge is 2.22. The molecular formula is C29H39N5O. The quantitative estimate of drug-likeness (QED) is 0.472. The number of benzene rings is 2. The van der Waals surface area contributed by atoms with Crippen LogP contribution in [0, 0.1) is 6.92 Å². The Morgan fingerprint density at radius 3 is 2.40 bits per heavy atom. The second-order valence-corrected chi connectivity index (χ2v) is 10.9. The summed E-state index contributed by atoms with van der Waals surface area (Å²) in [6.45, 7) is 10.6. The number of carbonyl (C=O) groups is 1. The van der Waals surface area contributed by atoms with E-state index in [1.165, 1.54) is 29.5 Å². The van der Waals surface area contributed by atoms with Gasteiger partial charge in [-0.2, -0.15) is 5.10 Å². The summed E-state index contributed by atoms with van der Waals surface area (Å²) in [4.78, 5) is 15.5. The maximum Gasteiger partial charge on any atom is 0.256 e. The van der Waals surface area contributed by atoms with Gasteiger partial charge in [0.2, 0.25) is 0 Å². The van der Waals surface area contributed by atoms with Gasteiger partial charge >= 0.3 is 0 Å². The van der Waals surface area contributed by atoms with Crippen molar-refractivity contribution in [1.82, 2.24) is 14.7 Å². The van der Waals surface area contributed by atoms with Crippen molar-refractivity contribution >= 4 is 17.4 Å². The van der Waals surface area contributed by atoms with Crippen LogP contribution in [0.1, 0.15) is 72.3 Å². The molecule has 0 radical (unpaired) electrons. The van der Waals surface area contributed by atoms with E-state index in [0.717, 1.165) is 43.1 Å². The molecule has 6 heteroatoms. The molecule has 2 aromatic carbocycles. The topological polar surface area (TPSA) is 76.2 Å². The standard InChI is InChI=1S/C29H39N5O/c1-20-6-12-25(30)18-24(20)11-13-26-19-27(34(32-26)29(2,3)4)31-28(35)23-9-7-21(8-10-23)22-14-16-33(5)17-15-22/h6-10,12,18-19,22H,11,13-17,30H2,1-5H3,(H,31,35). The molecule has 0 spiro atoms. The lowest BCUT2D eigenvalue weighted by molar-refractivity contribution is 0.102. The van der Waals surface area contributed by atoms with Crippen LogP contribution in [-0.2, 0) is 18.4 Å². The van der Waals surface area contributed by atoms with Gasteiger partial charge in [0.1, 0.15) is 5.82 Å². The summed E-state index contributed by atoms with van der Waals surface area (Å²) < 4.78 is 1.92. The Morgan fingerprint density at radius 1 is 1.06 bits per heavy atom. The lowest BCUT2D eigenvalue weighted by atomic mass is 9.89. The van der Waals surface area contributed by atoms with Crippen LogP contribution < -0.4 is 11.1 Å². The monoisotopic (exact) mass is 473 g/mol. The number of nitrogens with two attached hydrogens (primary N) is 1. The zero-order valence-electron chi connectivity index (χ0n) is 21.8. The summed E-state index contributed by atoms with van der Waals surface area (Å²) in [5, 5.41) is 7.96.